The Morgan fingerprint density at radius 1 is 1.57 bits per heavy atom. The summed E-state index contributed by atoms with van der Waals surface area (Å²) >= 11 is 1.69. The van der Waals surface area contributed by atoms with E-state index in [1.807, 2.05) is 17.5 Å². The van der Waals surface area contributed by atoms with Crippen LogP contribution in [-0.4, -0.2) is 22.3 Å². The predicted octanol–water partition coefficient (Wildman–Crippen LogP) is 1.91. The van der Waals surface area contributed by atoms with E-state index in [-0.39, 0.29) is 6.42 Å². The number of hydrogen-bond donors (Lipinski definition) is 2. The smallest absolute Gasteiger partial charge is 0.305 e. The monoisotopic (exact) mass is 214 g/mol. The van der Waals surface area contributed by atoms with Crippen molar-refractivity contribution in [2.45, 2.75) is 31.8 Å². The fourth-order valence-electron chi connectivity index (χ4n) is 1.27. The van der Waals surface area contributed by atoms with Gasteiger partial charge >= 0.3 is 5.97 Å². The lowest BCUT2D eigenvalue weighted by atomic mass is 10.1. The molecule has 3 nitrogen and oxygen atoms in total. The van der Waals surface area contributed by atoms with Gasteiger partial charge in [-0.25, -0.2) is 0 Å². The van der Waals surface area contributed by atoms with E-state index in [1.165, 1.54) is 4.88 Å². The van der Waals surface area contributed by atoms with E-state index >= 15 is 0 Å². The third kappa shape index (κ3) is 4.39. The highest BCUT2D eigenvalue weighted by Gasteiger charge is 2.08. The molecule has 0 amide bonds. The van der Waals surface area contributed by atoms with Crippen LogP contribution in [0, 0.1) is 0 Å². The summed E-state index contributed by atoms with van der Waals surface area (Å²) in [5.41, 5.74) is 0. The zero-order chi connectivity index (χ0) is 10.4. The zero-order valence-electron chi connectivity index (χ0n) is 7.85. The summed E-state index contributed by atoms with van der Waals surface area (Å²) in [5.74, 6) is -0.936. The fourth-order valence-corrected chi connectivity index (χ4v) is 2.02. The first-order valence-electron chi connectivity index (χ1n) is 4.60. The molecule has 78 valence electrons. The highest BCUT2D eigenvalue weighted by molar-refractivity contribution is 7.09. The van der Waals surface area contributed by atoms with Gasteiger partial charge in [-0.3, -0.25) is 4.79 Å². The molecular formula is C10H14O3S. The molecule has 0 saturated heterocycles. The second kappa shape index (κ2) is 5.78. The molecule has 1 rings (SSSR count). The quantitative estimate of drug-likeness (QED) is 0.760. The van der Waals surface area contributed by atoms with Gasteiger partial charge in [-0.1, -0.05) is 6.07 Å². The van der Waals surface area contributed by atoms with Gasteiger partial charge < -0.3 is 10.2 Å². The Kier molecular flexibility index (Phi) is 4.62. The summed E-state index contributed by atoms with van der Waals surface area (Å²) in [5, 5.41) is 19.7. The average Bonchev–Trinajstić information content (AvgIpc) is 2.55. The molecule has 1 aromatic heterocycles. The topological polar surface area (TPSA) is 57.5 Å². The minimum atomic E-state index is -0.936. The van der Waals surface area contributed by atoms with Crippen molar-refractivity contribution in [1.82, 2.24) is 0 Å². The summed E-state index contributed by atoms with van der Waals surface area (Å²) in [4.78, 5) is 11.5. The van der Waals surface area contributed by atoms with E-state index in [1.54, 1.807) is 11.3 Å². The van der Waals surface area contributed by atoms with E-state index in [2.05, 4.69) is 0 Å². The van der Waals surface area contributed by atoms with E-state index in [9.17, 15) is 9.90 Å². The lowest BCUT2D eigenvalue weighted by molar-refractivity contribution is -0.139. The molecule has 0 saturated carbocycles. The van der Waals surface area contributed by atoms with Crippen molar-refractivity contribution in [3.8, 4) is 0 Å². The highest BCUT2D eigenvalue weighted by Crippen LogP contribution is 2.13. The molecule has 0 radical (unpaired) electrons. The van der Waals surface area contributed by atoms with Gasteiger partial charge in [-0.2, -0.15) is 0 Å². The molecule has 0 aromatic carbocycles. The standard InChI is InChI=1S/C10H14O3S/c11-8(7-10(12)13)3-1-4-9-5-2-6-14-9/h2,5-6,8,11H,1,3-4,7H2,(H,12,13). The van der Waals surface area contributed by atoms with Crippen molar-refractivity contribution in [3.63, 3.8) is 0 Å². The average molecular weight is 214 g/mol. The maximum Gasteiger partial charge on any atom is 0.305 e. The van der Waals surface area contributed by atoms with Gasteiger partial charge in [0.25, 0.3) is 0 Å². The van der Waals surface area contributed by atoms with Crippen molar-refractivity contribution < 1.29 is 15.0 Å². The number of carboxylic acids is 1. The van der Waals surface area contributed by atoms with Crippen LogP contribution in [0.1, 0.15) is 24.1 Å². The molecule has 0 aliphatic carbocycles. The van der Waals surface area contributed by atoms with E-state index in [0.717, 1.165) is 12.8 Å². The molecule has 0 fully saturated rings. The third-order valence-electron chi connectivity index (χ3n) is 1.95. The first-order chi connectivity index (χ1) is 6.68. The first-order valence-corrected chi connectivity index (χ1v) is 5.48. The molecule has 1 unspecified atom stereocenters. The predicted molar refractivity (Wildman–Crippen MR) is 55.5 cm³/mol. The second-order valence-corrected chi connectivity index (χ2v) is 4.26. The van der Waals surface area contributed by atoms with Crippen LogP contribution in [0.5, 0.6) is 0 Å². The molecule has 1 atom stereocenters. The van der Waals surface area contributed by atoms with Crippen LogP contribution < -0.4 is 0 Å². The number of hydrogen-bond acceptors (Lipinski definition) is 3. The molecule has 1 heterocycles. The molecule has 0 aliphatic heterocycles. The van der Waals surface area contributed by atoms with Gasteiger partial charge in [0.15, 0.2) is 0 Å². The van der Waals surface area contributed by atoms with E-state index in [0.29, 0.717) is 6.42 Å². The number of aliphatic hydroxyl groups excluding tert-OH is 1. The summed E-state index contributed by atoms with van der Waals surface area (Å²) in [6, 6.07) is 4.04. The molecule has 0 aliphatic rings. The molecule has 0 spiro atoms. The number of carboxylic acid groups (broad SMARTS) is 1. The van der Waals surface area contributed by atoms with Gasteiger partial charge in [0.1, 0.15) is 0 Å². The maximum absolute atomic E-state index is 10.2. The van der Waals surface area contributed by atoms with Gasteiger partial charge in [0.2, 0.25) is 0 Å². The minimum Gasteiger partial charge on any atom is -0.481 e. The maximum atomic E-state index is 10.2. The molecule has 4 heteroatoms. The lowest BCUT2D eigenvalue weighted by Gasteiger charge is -2.06. The number of aliphatic carboxylic acids is 1. The largest absolute Gasteiger partial charge is 0.481 e. The Balaban J connectivity index is 2.12. The summed E-state index contributed by atoms with van der Waals surface area (Å²) < 4.78 is 0. The van der Waals surface area contributed by atoms with Gasteiger partial charge in [-0.05, 0) is 30.7 Å². The summed E-state index contributed by atoms with van der Waals surface area (Å²) in [6.07, 6.45) is 1.48. The fraction of sp³-hybridized carbons (Fsp3) is 0.500. The normalized spacial score (nSPS) is 12.6. The van der Waals surface area contributed by atoms with Crippen LogP contribution in [0.4, 0.5) is 0 Å². The van der Waals surface area contributed by atoms with Crippen LogP contribution >= 0.6 is 11.3 Å². The van der Waals surface area contributed by atoms with Crippen LogP contribution in [0.3, 0.4) is 0 Å². The van der Waals surface area contributed by atoms with Crippen LogP contribution in [0.15, 0.2) is 17.5 Å². The van der Waals surface area contributed by atoms with Crippen molar-refractivity contribution in [2.24, 2.45) is 0 Å². The summed E-state index contributed by atoms with van der Waals surface area (Å²) in [6.45, 7) is 0. The Morgan fingerprint density at radius 2 is 2.36 bits per heavy atom. The SMILES string of the molecule is O=C(O)CC(O)CCCc1cccs1. The third-order valence-corrected chi connectivity index (χ3v) is 2.89. The molecule has 0 bridgehead atoms. The zero-order valence-corrected chi connectivity index (χ0v) is 8.67. The van der Waals surface area contributed by atoms with Crippen molar-refractivity contribution in [3.05, 3.63) is 22.4 Å². The van der Waals surface area contributed by atoms with Crippen molar-refractivity contribution in [2.75, 3.05) is 0 Å². The number of carbonyl (C=O) groups is 1. The van der Waals surface area contributed by atoms with Gasteiger partial charge in [-0.15, -0.1) is 11.3 Å². The lowest BCUT2D eigenvalue weighted by Crippen LogP contribution is -2.12. The van der Waals surface area contributed by atoms with E-state index in [4.69, 9.17) is 5.11 Å². The number of aryl methyl sites for hydroxylation is 1. The highest BCUT2D eigenvalue weighted by atomic mass is 32.1. The van der Waals surface area contributed by atoms with Crippen molar-refractivity contribution in [1.29, 1.82) is 0 Å². The van der Waals surface area contributed by atoms with Gasteiger partial charge in [0, 0.05) is 4.88 Å². The number of thiophene rings is 1. The molecule has 14 heavy (non-hydrogen) atoms. The van der Waals surface area contributed by atoms with Gasteiger partial charge in [0.05, 0.1) is 12.5 Å². The molecule has 2 N–H and O–H groups in total. The van der Waals surface area contributed by atoms with Crippen molar-refractivity contribution >= 4 is 17.3 Å². The number of aliphatic hydroxyl groups is 1. The van der Waals surface area contributed by atoms with Crippen LogP contribution in [0.25, 0.3) is 0 Å². The Hall–Kier alpha value is -0.870. The Bertz CT molecular complexity index is 269. The van der Waals surface area contributed by atoms with Crippen LogP contribution in [0.2, 0.25) is 0 Å². The summed E-state index contributed by atoms with van der Waals surface area (Å²) in [7, 11) is 0. The van der Waals surface area contributed by atoms with E-state index < -0.39 is 12.1 Å². The Morgan fingerprint density at radius 3 is 2.93 bits per heavy atom. The molecule has 1 aromatic rings. The second-order valence-electron chi connectivity index (χ2n) is 3.22. The first kappa shape index (κ1) is 11.2. The Labute approximate surface area is 87.0 Å². The molecular weight excluding hydrogens is 200 g/mol. The minimum absolute atomic E-state index is 0.148. The number of rotatable bonds is 6. The van der Waals surface area contributed by atoms with Crippen LogP contribution in [-0.2, 0) is 11.2 Å².